The van der Waals surface area contributed by atoms with Gasteiger partial charge in [0.05, 0.1) is 5.69 Å². The zero-order valence-electron chi connectivity index (χ0n) is 20.1. The maximum Gasteiger partial charge on any atom is 0.155 e. The average Bonchev–Trinajstić information content (AvgIpc) is 3.50. The third-order valence-corrected chi connectivity index (χ3v) is 6.40. The van der Waals surface area contributed by atoms with Gasteiger partial charge in [-0.05, 0) is 72.1 Å². The maximum absolute atomic E-state index is 14.1. The summed E-state index contributed by atoms with van der Waals surface area (Å²) in [5.74, 6) is -0.237. The molecule has 0 aliphatic heterocycles. The van der Waals surface area contributed by atoms with Crippen LogP contribution in [-0.4, -0.2) is 31.7 Å². The molecule has 3 N–H and O–H groups in total. The number of aromatic nitrogens is 5. The van der Waals surface area contributed by atoms with Gasteiger partial charge in [0.25, 0.3) is 0 Å². The molecule has 0 aliphatic carbocycles. The lowest BCUT2D eigenvalue weighted by Gasteiger charge is -2.06. The van der Waals surface area contributed by atoms with Crippen molar-refractivity contribution in [1.82, 2.24) is 30.5 Å². The van der Waals surface area contributed by atoms with Gasteiger partial charge in [0, 0.05) is 52.6 Å². The number of rotatable bonds is 6. The summed E-state index contributed by atoms with van der Waals surface area (Å²) in [4.78, 5) is 12.5. The van der Waals surface area contributed by atoms with Crippen LogP contribution in [0.5, 0.6) is 0 Å². The summed E-state index contributed by atoms with van der Waals surface area (Å²) in [5, 5.41) is 12.9. The molecule has 178 valence electrons. The van der Waals surface area contributed by atoms with Crippen LogP contribution in [-0.2, 0) is 6.54 Å². The Hall–Kier alpha value is -4.36. The van der Waals surface area contributed by atoms with Crippen molar-refractivity contribution in [2.75, 3.05) is 6.54 Å². The second kappa shape index (κ2) is 9.02. The molecule has 6 rings (SSSR count). The lowest BCUT2D eigenvalue weighted by Crippen LogP contribution is -2.11. The summed E-state index contributed by atoms with van der Waals surface area (Å²) >= 11 is 0. The van der Waals surface area contributed by atoms with E-state index in [1.165, 1.54) is 6.07 Å². The standard InChI is InChI=1S/C29H25FN6/c1-3-31-13-18-9-20(15-32-14-18)21-11-25-28(35-36-29(25)33-16-21)27-12-24-23(5-4-6-26(24)34-27)19-7-17(2)8-22(30)10-19/h4-12,14-16,31,34H,3,13H2,1-2H3,(H,33,35,36). The molecular formula is C29H25FN6. The summed E-state index contributed by atoms with van der Waals surface area (Å²) < 4.78 is 14.1. The van der Waals surface area contributed by atoms with Crippen LogP contribution in [0.25, 0.3) is 55.6 Å². The van der Waals surface area contributed by atoms with Gasteiger partial charge in [-0.15, -0.1) is 0 Å². The fourth-order valence-electron chi connectivity index (χ4n) is 4.70. The van der Waals surface area contributed by atoms with Gasteiger partial charge in [0.2, 0.25) is 0 Å². The van der Waals surface area contributed by atoms with E-state index in [0.29, 0.717) is 5.65 Å². The number of hydrogen-bond donors (Lipinski definition) is 3. The van der Waals surface area contributed by atoms with Crippen molar-refractivity contribution < 1.29 is 4.39 Å². The van der Waals surface area contributed by atoms with E-state index in [9.17, 15) is 4.39 Å². The van der Waals surface area contributed by atoms with E-state index in [-0.39, 0.29) is 5.82 Å². The predicted octanol–water partition coefficient (Wildman–Crippen LogP) is 6.39. The van der Waals surface area contributed by atoms with Gasteiger partial charge in [-0.25, -0.2) is 9.37 Å². The summed E-state index contributed by atoms with van der Waals surface area (Å²) in [6.45, 7) is 5.66. The topological polar surface area (TPSA) is 82.3 Å². The van der Waals surface area contributed by atoms with Gasteiger partial charge < -0.3 is 10.3 Å². The predicted molar refractivity (Wildman–Crippen MR) is 142 cm³/mol. The molecule has 4 heterocycles. The molecular weight excluding hydrogens is 451 g/mol. The number of benzene rings is 2. The lowest BCUT2D eigenvalue weighted by atomic mass is 9.99. The van der Waals surface area contributed by atoms with Crippen LogP contribution in [0.4, 0.5) is 4.39 Å². The van der Waals surface area contributed by atoms with Crippen molar-refractivity contribution in [2.24, 2.45) is 0 Å². The Bertz CT molecular complexity index is 1690. The van der Waals surface area contributed by atoms with Crippen molar-refractivity contribution in [3.8, 4) is 33.6 Å². The first kappa shape index (κ1) is 22.1. The van der Waals surface area contributed by atoms with E-state index < -0.39 is 0 Å². The number of halogens is 1. The quantitative estimate of drug-likeness (QED) is 0.260. The minimum absolute atomic E-state index is 0.237. The molecule has 0 spiro atoms. The smallest absolute Gasteiger partial charge is 0.155 e. The fraction of sp³-hybridized carbons (Fsp3) is 0.138. The molecule has 6 aromatic rings. The summed E-state index contributed by atoms with van der Waals surface area (Å²) in [5.41, 5.74) is 9.15. The van der Waals surface area contributed by atoms with Crippen molar-refractivity contribution in [1.29, 1.82) is 0 Å². The van der Waals surface area contributed by atoms with Gasteiger partial charge in [-0.2, -0.15) is 5.10 Å². The normalized spacial score (nSPS) is 11.5. The first-order valence-electron chi connectivity index (χ1n) is 12.0. The van der Waals surface area contributed by atoms with Crippen molar-refractivity contribution >= 4 is 21.9 Å². The third-order valence-electron chi connectivity index (χ3n) is 6.40. The Morgan fingerprint density at radius 3 is 2.67 bits per heavy atom. The Morgan fingerprint density at radius 2 is 1.81 bits per heavy atom. The highest BCUT2D eigenvalue weighted by Crippen LogP contribution is 2.35. The van der Waals surface area contributed by atoms with Crippen LogP contribution in [0.15, 0.2) is 73.2 Å². The Balaban J connectivity index is 1.44. The van der Waals surface area contributed by atoms with E-state index in [1.54, 1.807) is 6.07 Å². The monoisotopic (exact) mass is 476 g/mol. The number of hydrogen-bond acceptors (Lipinski definition) is 4. The van der Waals surface area contributed by atoms with Crippen LogP contribution >= 0.6 is 0 Å². The lowest BCUT2D eigenvalue weighted by molar-refractivity contribution is 0.627. The highest BCUT2D eigenvalue weighted by atomic mass is 19.1. The van der Waals surface area contributed by atoms with E-state index in [4.69, 9.17) is 0 Å². The Labute approximate surface area is 207 Å². The second-order valence-electron chi connectivity index (χ2n) is 9.02. The van der Waals surface area contributed by atoms with E-state index in [0.717, 1.165) is 74.1 Å². The maximum atomic E-state index is 14.1. The van der Waals surface area contributed by atoms with E-state index in [2.05, 4.69) is 55.6 Å². The number of H-pyrrole nitrogens is 2. The largest absolute Gasteiger partial charge is 0.353 e. The number of aromatic amines is 2. The average molecular weight is 477 g/mol. The van der Waals surface area contributed by atoms with Crippen LogP contribution in [0.1, 0.15) is 18.1 Å². The zero-order valence-corrected chi connectivity index (χ0v) is 20.1. The van der Waals surface area contributed by atoms with Gasteiger partial charge in [-0.3, -0.25) is 10.1 Å². The van der Waals surface area contributed by atoms with Gasteiger partial charge >= 0.3 is 0 Å². The molecule has 0 radical (unpaired) electrons. The van der Waals surface area contributed by atoms with E-state index in [1.807, 2.05) is 49.8 Å². The fourth-order valence-corrected chi connectivity index (χ4v) is 4.70. The molecule has 36 heavy (non-hydrogen) atoms. The molecule has 4 aromatic heterocycles. The first-order chi connectivity index (χ1) is 17.6. The van der Waals surface area contributed by atoms with E-state index >= 15 is 0 Å². The van der Waals surface area contributed by atoms with Gasteiger partial charge in [-0.1, -0.05) is 25.1 Å². The highest BCUT2D eigenvalue weighted by Gasteiger charge is 2.15. The number of nitrogens with one attached hydrogen (secondary N) is 3. The molecule has 0 saturated heterocycles. The van der Waals surface area contributed by atoms with Crippen molar-refractivity contribution in [3.63, 3.8) is 0 Å². The third kappa shape index (κ3) is 4.03. The summed E-state index contributed by atoms with van der Waals surface area (Å²) in [6.07, 6.45) is 5.58. The number of pyridine rings is 2. The molecule has 0 amide bonds. The number of aryl methyl sites for hydroxylation is 1. The van der Waals surface area contributed by atoms with Crippen LogP contribution < -0.4 is 5.32 Å². The minimum Gasteiger partial charge on any atom is -0.353 e. The van der Waals surface area contributed by atoms with Crippen molar-refractivity contribution in [2.45, 2.75) is 20.4 Å². The van der Waals surface area contributed by atoms with Gasteiger partial charge in [0.1, 0.15) is 11.5 Å². The molecule has 0 atom stereocenters. The molecule has 0 bridgehead atoms. The van der Waals surface area contributed by atoms with Crippen LogP contribution in [0.2, 0.25) is 0 Å². The molecule has 0 aliphatic rings. The molecule has 0 unspecified atom stereocenters. The molecule has 0 fully saturated rings. The van der Waals surface area contributed by atoms with Crippen LogP contribution in [0.3, 0.4) is 0 Å². The highest BCUT2D eigenvalue weighted by molar-refractivity contribution is 6.01. The molecule has 2 aromatic carbocycles. The minimum atomic E-state index is -0.237. The summed E-state index contributed by atoms with van der Waals surface area (Å²) in [6, 6.07) is 17.4. The zero-order chi connectivity index (χ0) is 24.6. The SMILES string of the molecule is CCNCc1cncc(-c2cnc3[nH]nc(-c4cc5c(-c6cc(C)cc(F)c6)cccc5[nH]4)c3c2)c1. The number of fused-ring (bicyclic) bond motifs is 2. The molecule has 0 saturated carbocycles. The molecule has 6 nitrogen and oxygen atoms in total. The Kier molecular flexibility index (Phi) is 5.54. The number of nitrogens with zero attached hydrogens (tertiary/aromatic N) is 3. The second-order valence-corrected chi connectivity index (χ2v) is 9.02. The summed E-state index contributed by atoms with van der Waals surface area (Å²) in [7, 11) is 0. The molecule has 7 heteroatoms. The van der Waals surface area contributed by atoms with Gasteiger partial charge in [0.15, 0.2) is 5.65 Å². The van der Waals surface area contributed by atoms with Crippen molar-refractivity contribution in [3.05, 3.63) is 90.1 Å². The Morgan fingerprint density at radius 1 is 0.917 bits per heavy atom. The first-order valence-corrected chi connectivity index (χ1v) is 12.0. The van der Waals surface area contributed by atoms with Crippen LogP contribution in [0, 0.1) is 12.7 Å².